The second kappa shape index (κ2) is 5.98. The molecule has 0 aliphatic rings. The van der Waals surface area contributed by atoms with Gasteiger partial charge in [-0.3, -0.25) is 0 Å². The summed E-state index contributed by atoms with van der Waals surface area (Å²) >= 11 is 0. The van der Waals surface area contributed by atoms with Crippen molar-refractivity contribution in [2.75, 3.05) is 26.8 Å². The number of aryl methyl sites for hydroxylation is 2. The van der Waals surface area contributed by atoms with Crippen LogP contribution >= 0.6 is 0 Å². The van der Waals surface area contributed by atoms with Gasteiger partial charge in [-0.15, -0.1) is 0 Å². The van der Waals surface area contributed by atoms with Crippen LogP contribution in [0.2, 0.25) is 0 Å². The van der Waals surface area contributed by atoms with Crippen LogP contribution in [0.3, 0.4) is 0 Å². The van der Waals surface area contributed by atoms with Gasteiger partial charge in [-0.1, -0.05) is 6.07 Å². The van der Waals surface area contributed by atoms with E-state index in [4.69, 9.17) is 4.74 Å². The molecule has 0 saturated carbocycles. The van der Waals surface area contributed by atoms with Crippen molar-refractivity contribution in [2.24, 2.45) is 7.05 Å². The van der Waals surface area contributed by atoms with Crippen molar-refractivity contribution in [3.63, 3.8) is 0 Å². The number of nitrogens with zero attached hydrogens (tertiary/aromatic N) is 2. The minimum atomic E-state index is 0.762. The summed E-state index contributed by atoms with van der Waals surface area (Å²) in [6.07, 6.45) is 1.02. The lowest BCUT2D eigenvalue weighted by atomic mass is 10.1. The van der Waals surface area contributed by atoms with Crippen molar-refractivity contribution < 1.29 is 4.74 Å². The number of benzene rings is 1. The Hall–Kier alpha value is -1.39. The van der Waals surface area contributed by atoms with Gasteiger partial charge in [-0.05, 0) is 37.6 Å². The molecule has 0 bridgehead atoms. The van der Waals surface area contributed by atoms with Gasteiger partial charge < -0.3 is 14.6 Å². The predicted octanol–water partition coefficient (Wildman–Crippen LogP) is 1.66. The van der Waals surface area contributed by atoms with Crippen molar-refractivity contribution in [1.82, 2.24) is 14.9 Å². The smallest absolute Gasteiger partial charge is 0.106 e. The lowest BCUT2D eigenvalue weighted by Crippen LogP contribution is -2.21. The number of hydrogen-bond acceptors (Lipinski definition) is 3. The lowest BCUT2D eigenvalue weighted by molar-refractivity contribution is 0.199. The van der Waals surface area contributed by atoms with Gasteiger partial charge in [-0.25, -0.2) is 4.98 Å². The molecule has 1 aromatic carbocycles. The first-order valence-corrected chi connectivity index (χ1v) is 6.34. The van der Waals surface area contributed by atoms with Crippen molar-refractivity contribution in [1.29, 1.82) is 0 Å². The van der Waals surface area contributed by atoms with E-state index in [0.717, 1.165) is 37.5 Å². The molecule has 4 heteroatoms. The summed E-state index contributed by atoms with van der Waals surface area (Å²) in [5.41, 5.74) is 3.61. The second-order valence-electron chi connectivity index (χ2n) is 4.53. The number of methoxy groups -OCH3 is 1. The zero-order chi connectivity index (χ0) is 13.0. The zero-order valence-electron chi connectivity index (χ0n) is 11.4. The van der Waals surface area contributed by atoms with Crippen molar-refractivity contribution in [3.05, 3.63) is 29.6 Å². The molecule has 18 heavy (non-hydrogen) atoms. The Balaban J connectivity index is 1.98. The first-order valence-electron chi connectivity index (χ1n) is 6.34. The molecule has 0 unspecified atom stereocenters. The first kappa shape index (κ1) is 13.1. The Morgan fingerprint density at radius 2 is 2.17 bits per heavy atom. The van der Waals surface area contributed by atoms with Gasteiger partial charge in [0.1, 0.15) is 5.82 Å². The maximum Gasteiger partial charge on any atom is 0.106 e. The van der Waals surface area contributed by atoms with Gasteiger partial charge in [0, 0.05) is 20.7 Å². The van der Waals surface area contributed by atoms with Crippen LogP contribution in [-0.2, 0) is 18.2 Å². The van der Waals surface area contributed by atoms with Crippen LogP contribution in [0.1, 0.15) is 11.4 Å². The highest BCUT2D eigenvalue weighted by atomic mass is 16.5. The highest BCUT2D eigenvalue weighted by Gasteiger charge is 2.04. The molecule has 0 fully saturated rings. The zero-order valence-corrected chi connectivity index (χ0v) is 11.4. The minimum Gasteiger partial charge on any atom is -0.383 e. The molecular formula is C14H21N3O. The fraction of sp³-hybridized carbons (Fsp3) is 0.500. The molecule has 2 rings (SSSR count). The third-order valence-electron chi connectivity index (χ3n) is 3.24. The number of nitrogens with one attached hydrogen (secondary N) is 1. The van der Waals surface area contributed by atoms with Crippen LogP contribution in [-0.4, -0.2) is 36.4 Å². The van der Waals surface area contributed by atoms with Crippen LogP contribution in [0.5, 0.6) is 0 Å². The van der Waals surface area contributed by atoms with E-state index in [1.807, 2.05) is 6.92 Å². The summed E-state index contributed by atoms with van der Waals surface area (Å²) in [5, 5.41) is 3.35. The molecule has 0 amide bonds. The van der Waals surface area contributed by atoms with E-state index in [9.17, 15) is 0 Å². The summed E-state index contributed by atoms with van der Waals surface area (Å²) in [4.78, 5) is 4.55. The van der Waals surface area contributed by atoms with E-state index in [1.165, 1.54) is 11.1 Å². The van der Waals surface area contributed by atoms with Gasteiger partial charge in [0.25, 0.3) is 0 Å². The summed E-state index contributed by atoms with van der Waals surface area (Å²) in [7, 11) is 3.77. The number of fused-ring (bicyclic) bond motifs is 1. The Labute approximate surface area is 108 Å². The monoisotopic (exact) mass is 247 g/mol. The van der Waals surface area contributed by atoms with Crippen LogP contribution in [0.15, 0.2) is 18.2 Å². The molecule has 0 spiro atoms. The molecule has 4 nitrogen and oxygen atoms in total. The molecule has 98 valence electrons. The molecule has 0 saturated heterocycles. The molecule has 0 aliphatic carbocycles. The molecule has 1 N–H and O–H groups in total. The van der Waals surface area contributed by atoms with Gasteiger partial charge in [0.2, 0.25) is 0 Å². The van der Waals surface area contributed by atoms with Crippen molar-refractivity contribution in [3.8, 4) is 0 Å². The number of hydrogen-bond donors (Lipinski definition) is 1. The Bertz CT molecular complexity index is 519. The first-order chi connectivity index (χ1) is 8.72. The fourth-order valence-corrected chi connectivity index (χ4v) is 2.05. The summed E-state index contributed by atoms with van der Waals surface area (Å²) < 4.78 is 7.11. The average Bonchev–Trinajstić information content (AvgIpc) is 2.65. The van der Waals surface area contributed by atoms with Gasteiger partial charge >= 0.3 is 0 Å². The van der Waals surface area contributed by atoms with Crippen LogP contribution < -0.4 is 5.32 Å². The minimum absolute atomic E-state index is 0.762. The third-order valence-corrected chi connectivity index (χ3v) is 3.24. The second-order valence-corrected chi connectivity index (χ2v) is 4.53. The number of aromatic nitrogens is 2. The maximum absolute atomic E-state index is 4.99. The molecule has 1 heterocycles. The summed E-state index contributed by atoms with van der Waals surface area (Å²) in [6.45, 7) is 4.67. The molecule has 2 aromatic rings. The van der Waals surface area contributed by atoms with Crippen LogP contribution in [0, 0.1) is 6.92 Å². The summed E-state index contributed by atoms with van der Waals surface area (Å²) in [5.74, 6) is 1.06. The number of ether oxygens (including phenoxy) is 1. The van der Waals surface area contributed by atoms with Gasteiger partial charge in [0.05, 0.1) is 17.6 Å². The molecular weight excluding hydrogens is 226 g/mol. The van der Waals surface area contributed by atoms with E-state index >= 15 is 0 Å². The Kier molecular flexibility index (Phi) is 4.33. The van der Waals surface area contributed by atoms with Crippen LogP contribution in [0.25, 0.3) is 11.0 Å². The molecule has 0 radical (unpaired) electrons. The van der Waals surface area contributed by atoms with E-state index in [1.54, 1.807) is 7.11 Å². The lowest BCUT2D eigenvalue weighted by Gasteiger charge is -2.04. The van der Waals surface area contributed by atoms with E-state index in [0.29, 0.717) is 0 Å². The van der Waals surface area contributed by atoms with Gasteiger partial charge in [-0.2, -0.15) is 0 Å². The summed E-state index contributed by atoms with van der Waals surface area (Å²) in [6, 6.07) is 6.52. The van der Waals surface area contributed by atoms with E-state index in [-0.39, 0.29) is 0 Å². The Morgan fingerprint density at radius 1 is 1.33 bits per heavy atom. The number of rotatable bonds is 6. The quantitative estimate of drug-likeness (QED) is 0.789. The van der Waals surface area contributed by atoms with E-state index in [2.05, 4.69) is 40.1 Å². The van der Waals surface area contributed by atoms with Crippen molar-refractivity contribution in [2.45, 2.75) is 13.3 Å². The van der Waals surface area contributed by atoms with Crippen molar-refractivity contribution >= 4 is 11.0 Å². The highest BCUT2D eigenvalue weighted by Crippen LogP contribution is 2.16. The average molecular weight is 247 g/mol. The van der Waals surface area contributed by atoms with E-state index < -0.39 is 0 Å². The molecule has 1 aromatic heterocycles. The van der Waals surface area contributed by atoms with Crippen LogP contribution in [0.4, 0.5) is 0 Å². The SMILES string of the molecule is COCCNCCc1ccc2c(c1)nc(C)n2C. The highest BCUT2D eigenvalue weighted by molar-refractivity contribution is 5.76. The molecule has 0 atom stereocenters. The maximum atomic E-state index is 4.99. The predicted molar refractivity (Wildman–Crippen MR) is 73.9 cm³/mol. The number of imidazole rings is 1. The topological polar surface area (TPSA) is 39.1 Å². The third kappa shape index (κ3) is 2.89. The Morgan fingerprint density at radius 3 is 2.94 bits per heavy atom. The van der Waals surface area contributed by atoms with Gasteiger partial charge in [0.15, 0.2) is 0 Å². The largest absolute Gasteiger partial charge is 0.383 e. The standard InChI is InChI=1S/C14H21N3O/c1-11-16-13-10-12(4-5-14(13)17(11)2)6-7-15-8-9-18-3/h4-5,10,15H,6-9H2,1-3H3. The molecule has 0 aliphatic heterocycles. The fourth-order valence-electron chi connectivity index (χ4n) is 2.05. The normalized spacial score (nSPS) is 11.3.